The van der Waals surface area contributed by atoms with Crippen LogP contribution in [-0.4, -0.2) is 6.17 Å². The highest BCUT2D eigenvalue weighted by Gasteiger charge is 2.16. The molecule has 3 unspecified atom stereocenters. The zero-order valence-electron chi connectivity index (χ0n) is 12.7. The minimum Gasteiger partial charge on any atom is -0.248 e. The Morgan fingerprint density at radius 1 is 1.06 bits per heavy atom. The minimum absolute atomic E-state index is 0.205. The fourth-order valence-corrected chi connectivity index (χ4v) is 2.68. The van der Waals surface area contributed by atoms with E-state index in [4.69, 9.17) is 0 Å². The Kier molecular flexibility index (Phi) is 6.96. The van der Waals surface area contributed by atoms with Crippen LogP contribution in [0.4, 0.5) is 4.39 Å². The molecule has 106 valence electrons. The van der Waals surface area contributed by atoms with Gasteiger partial charge in [0, 0.05) is 0 Å². The number of rotatable bonds is 6. The summed E-state index contributed by atoms with van der Waals surface area (Å²) in [4.78, 5) is 0. The van der Waals surface area contributed by atoms with E-state index in [9.17, 15) is 4.39 Å². The quantitative estimate of drug-likeness (QED) is 0.527. The van der Waals surface area contributed by atoms with Crippen LogP contribution in [0, 0.1) is 23.7 Å². The van der Waals surface area contributed by atoms with Crippen molar-refractivity contribution in [2.75, 3.05) is 0 Å². The highest BCUT2D eigenvalue weighted by Crippen LogP contribution is 2.29. The van der Waals surface area contributed by atoms with Gasteiger partial charge in [-0.05, 0) is 56.3 Å². The molecular formula is C17H31F. The standard InChI is InChI=1S/C17H31F/c1-13(5-9-15(3)16(4)18)6-10-17-11-7-14(2)8-12-17/h6,10,13-17H,5,7-9,11-12H2,1-4H3/b10-6+. The number of hydrogen-bond acceptors (Lipinski definition) is 0. The van der Waals surface area contributed by atoms with E-state index in [2.05, 4.69) is 26.0 Å². The molecule has 0 aromatic carbocycles. The summed E-state index contributed by atoms with van der Waals surface area (Å²) in [6.45, 7) is 8.32. The largest absolute Gasteiger partial charge is 0.248 e. The van der Waals surface area contributed by atoms with Crippen molar-refractivity contribution in [2.24, 2.45) is 23.7 Å². The van der Waals surface area contributed by atoms with E-state index >= 15 is 0 Å². The first kappa shape index (κ1) is 15.7. The molecule has 18 heavy (non-hydrogen) atoms. The van der Waals surface area contributed by atoms with Crippen molar-refractivity contribution < 1.29 is 4.39 Å². The van der Waals surface area contributed by atoms with Gasteiger partial charge in [-0.25, -0.2) is 4.39 Å². The van der Waals surface area contributed by atoms with Crippen LogP contribution >= 0.6 is 0 Å². The lowest BCUT2D eigenvalue weighted by Gasteiger charge is -2.24. The lowest BCUT2D eigenvalue weighted by Crippen LogP contribution is -2.11. The Bertz CT molecular complexity index is 236. The first-order valence-corrected chi connectivity index (χ1v) is 7.81. The van der Waals surface area contributed by atoms with Crippen LogP contribution in [0.25, 0.3) is 0 Å². The smallest absolute Gasteiger partial charge is 0.0998 e. The van der Waals surface area contributed by atoms with Crippen molar-refractivity contribution in [3.8, 4) is 0 Å². The summed E-state index contributed by atoms with van der Waals surface area (Å²) >= 11 is 0. The lowest BCUT2D eigenvalue weighted by molar-refractivity contribution is 0.245. The van der Waals surface area contributed by atoms with Gasteiger partial charge in [-0.1, -0.05) is 45.8 Å². The molecule has 0 amide bonds. The summed E-state index contributed by atoms with van der Waals surface area (Å²) < 4.78 is 13.0. The van der Waals surface area contributed by atoms with Crippen LogP contribution in [0.5, 0.6) is 0 Å². The van der Waals surface area contributed by atoms with Crippen molar-refractivity contribution in [1.29, 1.82) is 0 Å². The van der Waals surface area contributed by atoms with Gasteiger partial charge in [0.1, 0.15) is 0 Å². The fraction of sp³-hybridized carbons (Fsp3) is 0.882. The number of alkyl halides is 1. The van der Waals surface area contributed by atoms with Crippen LogP contribution in [0.15, 0.2) is 12.2 Å². The average molecular weight is 254 g/mol. The maximum Gasteiger partial charge on any atom is 0.0998 e. The molecular weight excluding hydrogens is 223 g/mol. The van der Waals surface area contributed by atoms with Gasteiger partial charge in [-0.15, -0.1) is 0 Å². The van der Waals surface area contributed by atoms with E-state index in [0.717, 1.165) is 24.7 Å². The van der Waals surface area contributed by atoms with Gasteiger partial charge in [0.15, 0.2) is 0 Å². The number of hydrogen-bond donors (Lipinski definition) is 0. The molecule has 0 bridgehead atoms. The molecule has 0 saturated heterocycles. The Morgan fingerprint density at radius 3 is 2.22 bits per heavy atom. The molecule has 1 fully saturated rings. The highest BCUT2D eigenvalue weighted by atomic mass is 19.1. The van der Waals surface area contributed by atoms with Crippen LogP contribution in [0.2, 0.25) is 0 Å². The first-order valence-electron chi connectivity index (χ1n) is 7.81. The summed E-state index contributed by atoms with van der Waals surface area (Å²) in [7, 11) is 0. The summed E-state index contributed by atoms with van der Waals surface area (Å²) in [5.74, 6) is 2.54. The summed E-state index contributed by atoms with van der Waals surface area (Å²) in [5, 5.41) is 0. The third kappa shape index (κ3) is 6.02. The average Bonchev–Trinajstić information content (AvgIpc) is 2.35. The molecule has 0 spiro atoms. The van der Waals surface area contributed by atoms with Crippen LogP contribution in [-0.2, 0) is 0 Å². The van der Waals surface area contributed by atoms with Gasteiger partial charge in [0.05, 0.1) is 6.17 Å². The van der Waals surface area contributed by atoms with Crippen LogP contribution < -0.4 is 0 Å². The third-order valence-corrected chi connectivity index (χ3v) is 4.63. The molecule has 1 aliphatic rings. The van der Waals surface area contributed by atoms with Crippen LogP contribution in [0.3, 0.4) is 0 Å². The van der Waals surface area contributed by atoms with E-state index in [1.165, 1.54) is 25.7 Å². The monoisotopic (exact) mass is 254 g/mol. The Labute approximate surface area is 113 Å². The van der Waals surface area contributed by atoms with E-state index in [1.807, 2.05) is 6.92 Å². The molecule has 0 heterocycles. The third-order valence-electron chi connectivity index (χ3n) is 4.63. The lowest BCUT2D eigenvalue weighted by atomic mass is 9.82. The second kappa shape index (κ2) is 7.96. The van der Waals surface area contributed by atoms with Crippen molar-refractivity contribution >= 4 is 0 Å². The van der Waals surface area contributed by atoms with E-state index in [1.54, 1.807) is 6.92 Å². The SMILES string of the molecule is CC(/C=C/C1CCC(C)CC1)CCC(C)C(C)F. The molecule has 0 aliphatic heterocycles. The fourth-order valence-electron chi connectivity index (χ4n) is 2.68. The summed E-state index contributed by atoms with van der Waals surface area (Å²) in [5.41, 5.74) is 0. The van der Waals surface area contributed by atoms with E-state index in [-0.39, 0.29) is 5.92 Å². The van der Waals surface area contributed by atoms with E-state index in [0.29, 0.717) is 5.92 Å². The normalized spacial score (nSPS) is 30.3. The molecule has 0 aromatic rings. The van der Waals surface area contributed by atoms with Gasteiger partial charge < -0.3 is 0 Å². The molecule has 1 rings (SSSR count). The topological polar surface area (TPSA) is 0 Å². The van der Waals surface area contributed by atoms with Crippen molar-refractivity contribution in [1.82, 2.24) is 0 Å². The van der Waals surface area contributed by atoms with Crippen LogP contribution in [0.1, 0.15) is 66.2 Å². The zero-order chi connectivity index (χ0) is 13.5. The molecule has 3 atom stereocenters. The highest BCUT2D eigenvalue weighted by molar-refractivity contribution is 4.93. The maximum atomic E-state index is 13.0. The molecule has 0 N–H and O–H groups in total. The second-order valence-corrected chi connectivity index (χ2v) is 6.61. The predicted molar refractivity (Wildman–Crippen MR) is 78.4 cm³/mol. The van der Waals surface area contributed by atoms with Gasteiger partial charge in [0.2, 0.25) is 0 Å². The number of halogens is 1. The molecule has 0 aromatic heterocycles. The Morgan fingerprint density at radius 2 is 1.67 bits per heavy atom. The molecule has 1 heteroatoms. The molecule has 1 aliphatic carbocycles. The van der Waals surface area contributed by atoms with Gasteiger partial charge >= 0.3 is 0 Å². The van der Waals surface area contributed by atoms with Crippen molar-refractivity contribution in [3.05, 3.63) is 12.2 Å². The van der Waals surface area contributed by atoms with Crippen molar-refractivity contribution in [2.45, 2.75) is 72.4 Å². The predicted octanol–water partition coefficient (Wildman–Crippen LogP) is 5.78. The summed E-state index contributed by atoms with van der Waals surface area (Å²) in [6.07, 6.45) is 11.8. The Balaban J connectivity index is 2.20. The zero-order valence-corrected chi connectivity index (χ0v) is 12.7. The minimum atomic E-state index is -0.666. The van der Waals surface area contributed by atoms with Gasteiger partial charge in [-0.3, -0.25) is 0 Å². The first-order chi connectivity index (χ1) is 8.49. The van der Waals surface area contributed by atoms with Gasteiger partial charge in [-0.2, -0.15) is 0 Å². The molecule has 0 nitrogen and oxygen atoms in total. The molecule has 0 radical (unpaired) electrons. The van der Waals surface area contributed by atoms with Gasteiger partial charge in [0.25, 0.3) is 0 Å². The molecule has 1 saturated carbocycles. The number of allylic oxidation sites excluding steroid dienone is 2. The summed E-state index contributed by atoms with van der Waals surface area (Å²) in [6, 6.07) is 0. The van der Waals surface area contributed by atoms with E-state index < -0.39 is 6.17 Å². The Hall–Kier alpha value is -0.330. The van der Waals surface area contributed by atoms with Crippen molar-refractivity contribution in [3.63, 3.8) is 0 Å². The second-order valence-electron chi connectivity index (χ2n) is 6.61. The maximum absolute atomic E-state index is 13.0.